The van der Waals surface area contributed by atoms with Gasteiger partial charge in [-0.1, -0.05) is 0 Å². The molecule has 0 unspecified atom stereocenters. The minimum Gasteiger partial charge on any atom is -0.354 e. The van der Waals surface area contributed by atoms with Gasteiger partial charge in [0.05, 0.1) is 0 Å². The summed E-state index contributed by atoms with van der Waals surface area (Å²) in [7, 11) is 4.10. The van der Waals surface area contributed by atoms with E-state index in [0.717, 1.165) is 30.8 Å². The molecule has 1 N–H and O–H groups in total. The average molecular weight is 250 g/mol. The van der Waals surface area contributed by atoms with E-state index in [2.05, 4.69) is 24.3 Å². The third-order valence-electron chi connectivity index (χ3n) is 5.36. The SMILES string of the molecule is CN(C)CCNC(=O)C12CC3CC(CC(C3)C1)C2. The summed E-state index contributed by atoms with van der Waals surface area (Å²) in [6.07, 6.45) is 7.74. The van der Waals surface area contributed by atoms with Crippen molar-refractivity contribution in [3.8, 4) is 0 Å². The van der Waals surface area contributed by atoms with Crippen LogP contribution in [0.4, 0.5) is 0 Å². The standard InChI is InChI=1S/C15H26N2O/c1-17(2)4-3-16-14(18)15-8-11-5-12(9-15)7-13(6-11)10-15/h11-13H,3-10H2,1-2H3,(H,16,18). The number of nitrogens with zero attached hydrogens (tertiary/aromatic N) is 1. The second-order valence-corrected chi connectivity index (χ2v) is 7.26. The van der Waals surface area contributed by atoms with E-state index in [1.165, 1.54) is 38.5 Å². The Bertz CT molecular complexity index is 302. The fourth-order valence-corrected chi connectivity index (χ4v) is 4.97. The molecule has 0 spiro atoms. The summed E-state index contributed by atoms with van der Waals surface area (Å²) in [6.45, 7) is 1.74. The Morgan fingerprint density at radius 2 is 1.61 bits per heavy atom. The summed E-state index contributed by atoms with van der Waals surface area (Å²) < 4.78 is 0. The molecule has 0 radical (unpaired) electrons. The molecule has 4 rings (SSSR count). The highest BCUT2D eigenvalue weighted by atomic mass is 16.2. The summed E-state index contributed by atoms with van der Waals surface area (Å²) in [5, 5.41) is 3.19. The molecule has 0 saturated heterocycles. The van der Waals surface area contributed by atoms with Crippen molar-refractivity contribution < 1.29 is 4.79 Å². The Morgan fingerprint density at radius 1 is 1.11 bits per heavy atom. The van der Waals surface area contributed by atoms with Crippen molar-refractivity contribution in [1.29, 1.82) is 0 Å². The first-order valence-corrected chi connectivity index (χ1v) is 7.50. The zero-order chi connectivity index (χ0) is 12.8. The van der Waals surface area contributed by atoms with E-state index in [0.29, 0.717) is 5.91 Å². The van der Waals surface area contributed by atoms with Gasteiger partial charge in [-0.15, -0.1) is 0 Å². The topological polar surface area (TPSA) is 32.3 Å². The predicted octanol–water partition coefficient (Wildman–Crippen LogP) is 1.88. The normalized spacial score (nSPS) is 41.4. The number of rotatable bonds is 4. The molecule has 0 heterocycles. The van der Waals surface area contributed by atoms with Gasteiger partial charge >= 0.3 is 0 Å². The number of hydrogen-bond donors (Lipinski definition) is 1. The predicted molar refractivity (Wildman–Crippen MR) is 72.2 cm³/mol. The van der Waals surface area contributed by atoms with Crippen LogP contribution in [0.15, 0.2) is 0 Å². The number of hydrogen-bond acceptors (Lipinski definition) is 2. The van der Waals surface area contributed by atoms with Gasteiger partial charge in [0.2, 0.25) is 5.91 Å². The Labute approximate surface area is 110 Å². The van der Waals surface area contributed by atoms with E-state index in [9.17, 15) is 4.79 Å². The van der Waals surface area contributed by atoms with Crippen molar-refractivity contribution in [3.05, 3.63) is 0 Å². The highest BCUT2D eigenvalue weighted by molar-refractivity contribution is 5.83. The summed E-state index contributed by atoms with van der Waals surface area (Å²) >= 11 is 0. The molecule has 3 nitrogen and oxygen atoms in total. The fourth-order valence-electron chi connectivity index (χ4n) is 4.97. The van der Waals surface area contributed by atoms with Crippen LogP contribution >= 0.6 is 0 Å². The van der Waals surface area contributed by atoms with Crippen LogP contribution < -0.4 is 5.32 Å². The van der Waals surface area contributed by atoms with E-state index in [1.54, 1.807) is 0 Å². The molecule has 4 aliphatic carbocycles. The zero-order valence-electron chi connectivity index (χ0n) is 11.7. The van der Waals surface area contributed by atoms with Gasteiger partial charge in [-0.05, 0) is 70.4 Å². The van der Waals surface area contributed by atoms with Crippen LogP contribution in [0.25, 0.3) is 0 Å². The fraction of sp³-hybridized carbons (Fsp3) is 0.933. The molecule has 4 aliphatic rings. The van der Waals surface area contributed by atoms with Crippen LogP contribution in [0, 0.1) is 23.2 Å². The number of likely N-dealkylation sites (N-methyl/N-ethyl adjacent to an activating group) is 1. The molecule has 3 heteroatoms. The Balaban J connectivity index is 1.62. The Kier molecular flexibility index (Phi) is 3.13. The second-order valence-electron chi connectivity index (χ2n) is 7.26. The largest absolute Gasteiger partial charge is 0.354 e. The van der Waals surface area contributed by atoms with Crippen LogP contribution in [-0.2, 0) is 4.79 Å². The smallest absolute Gasteiger partial charge is 0.226 e. The monoisotopic (exact) mass is 250 g/mol. The van der Waals surface area contributed by atoms with Gasteiger partial charge in [-0.2, -0.15) is 0 Å². The highest BCUT2D eigenvalue weighted by Gasteiger charge is 2.54. The third kappa shape index (κ3) is 2.18. The lowest BCUT2D eigenvalue weighted by Gasteiger charge is -2.55. The van der Waals surface area contributed by atoms with E-state index < -0.39 is 0 Å². The molecular weight excluding hydrogens is 224 g/mol. The molecule has 0 aromatic rings. The van der Waals surface area contributed by atoms with Crippen molar-refractivity contribution in [1.82, 2.24) is 10.2 Å². The van der Waals surface area contributed by atoms with Gasteiger partial charge in [0.25, 0.3) is 0 Å². The van der Waals surface area contributed by atoms with Gasteiger partial charge in [0, 0.05) is 18.5 Å². The molecule has 4 bridgehead atoms. The van der Waals surface area contributed by atoms with Gasteiger partial charge < -0.3 is 10.2 Å². The Morgan fingerprint density at radius 3 is 2.06 bits per heavy atom. The number of nitrogens with one attached hydrogen (secondary N) is 1. The quantitative estimate of drug-likeness (QED) is 0.826. The van der Waals surface area contributed by atoms with Crippen LogP contribution in [0.2, 0.25) is 0 Å². The molecule has 102 valence electrons. The first-order valence-electron chi connectivity index (χ1n) is 7.50. The lowest BCUT2D eigenvalue weighted by molar-refractivity contribution is -0.146. The van der Waals surface area contributed by atoms with E-state index in [4.69, 9.17) is 0 Å². The van der Waals surface area contributed by atoms with E-state index in [-0.39, 0.29) is 5.41 Å². The van der Waals surface area contributed by atoms with Crippen LogP contribution in [-0.4, -0.2) is 38.0 Å². The minimum atomic E-state index is 0.0288. The molecular formula is C15H26N2O. The molecule has 18 heavy (non-hydrogen) atoms. The molecule has 0 aliphatic heterocycles. The minimum absolute atomic E-state index is 0.0288. The molecule has 0 aromatic heterocycles. The van der Waals surface area contributed by atoms with E-state index >= 15 is 0 Å². The summed E-state index contributed by atoms with van der Waals surface area (Å²) in [6, 6.07) is 0. The van der Waals surface area contributed by atoms with Crippen LogP contribution in [0.3, 0.4) is 0 Å². The highest BCUT2D eigenvalue weighted by Crippen LogP contribution is 2.60. The zero-order valence-corrected chi connectivity index (χ0v) is 11.7. The Hall–Kier alpha value is -0.570. The van der Waals surface area contributed by atoms with Crippen LogP contribution in [0.5, 0.6) is 0 Å². The van der Waals surface area contributed by atoms with Gasteiger partial charge in [0.15, 0.2) is 0 Å². The van der Waals surface area contributed by atoms with Gasteiger partial charge in [-0.25, -0.2) is 0 Å². The summed E-state index contributed by atoms with van der Waals surface area (Å²) in [5.41, 5.74) is 0.0288. The second kappa shape index (κ2) is 4.52. The molecule has 4 fully saturated rings. The molecule has 0 aromatic carbocycles. The lowest BCUT2D eigenvalue weighted by atomic mass is 9.49. The first kappa shape index (κ1) is 12.5. The van der Waals surface area contributed by atoms with Crippen molar-refractivity contribution in [3.63, 3.8) is 0 Å². The van der Waals surface area contributed by atoms with Crippen molar-refractivity contribution >= 4 is 5.91 Å². The summed E-state index contributed by atoms with van der Waals surface area (Å²) in [4.78, 5) is 14.7. The first-order chi connectivity index (χ1) is 8.57. The van der Waals surface area contributed by atoms with Gasteiger partial charge in [0.1, 0.15) is 0 Å². The van der Waals surface area contributed by atoms with Gasteiger partial charge in [-0.3, -0.25) is 4.79 Å². The number of amides is 1. The molecule has 4 saturated carbocycles. The summed E-state index contributed by atoms with van der Waals surface area (Å²) in [5.74, 6) is 2.94. The number of carbonyl (C=O) groups is 1. The van der Waals surface area contributed by atoms with Crippen molar-refractivity contribution in [2.75, 3.05) is 27.2 Å². The third-order valence-corrected chi connectivity index (χ3v) is 5.36. The lowest BCUT2D eigenvalue weighted by Crippen LogP contribution is -2.54. The molecule has 0 atom stereocenters. The maximum absolute atomic E-state index is 12.5. The van der Waals surface area contributed by atoms with Crippen molar-refractivity contribution in [2.24, 2.45) is 23.2 Å². The van der Waals surface area contributed by atoms with E-state index in [1.807, 2.05) is 0 Å². The average Bonchev–Trinajstić information content (AvgIpc) is 2.26. The molecule has 1 amide bonds. The van der Waals surface area contributed by atoms with Crippen molar-refractivity contribution in [2.45, 2.75) is 38.5 Å². The maximum atomic E-state index is 12.5. The number of carbonyl (C=O) groups excluding carboxylic acids is 1. The van der Waals surface area contributed by atoms with Crippen LogP contribution in [0.1, 0.15) is 38.5 Å². The maximum Gasteiger partial charge on any atom is 0.226 e.